The van der Waals surface area contributed by atoms with Crippen LogP contribution in [0.2, 0.25) is 0 Å². The second kappa shape index (κ2) is 24.1. The molecule has 8 atom stereocenters. The minimum absolute atomic E-state index is 0.126. The molecule has 17 heteroatoms. The van der Waals surface area contributed by atoms with E-state index in [1.807, 2.05) is 26.0 Å². The summed E-state index contributed by atoms with van der Waals surface area (Å²) in [5.41, 5.74) is 1.33. The maximum Gasteiger partial charge on any atom is 0.334 e. The lowest BCUT2D eigenvalue weighted by molar-refractivity contribution is -0.142. The standard InChI is InChI=1S/C46H66O17/c1-31-35-11-9-33(7-5-13-45(3)39(62-45)37(35)60-41(31)47)43(49)58-29-27-56-25-23-54-21-19-52-17-15-51-16-18-53-20-22-55-24-26-57-28-30-59-44(50)34-8-6-14-46(4)40(63-46)38-36(12-10-34)32(2)42(48)61-38/h7-8,35-40H,1-2,5-6,9-30H2,3-4H3/b33-7+,34-8+/t35-,36-,37-,38-,39-,40-,45+,46+/m0/s1. The number of carbonyl (C=O) groups is 4. The number of rotatable bonds is 26. The third kappa shape index (κ3) is 14.2. The van der Waals surface area contributed by atoms with Crippen LogP contribution in [0, 0.1) is 11.8 Å². The fourth-order valence-corrected chi connectivity index (χ4v) is 8.48. The van der Waals surface area contributed by atoms with Gasteiger partial charge in [0.05, 0.1) is 104 Å². The van der Waals surface area contributed by atoms with E-state index in [0.717, 1.165) is 12.8 Å². The lowest BCUT2D eigenvalue weighted by Crippen LogP contribution is -2.29. The number of epoxide rings is 2. The first-order chi connectivity index (χ1) is 30.5. The van der Waals surface area contributed by atoms with E-state index in [4.69, 9.17) is 61.6 Å². The third-order valence-corrected chi connectivity index (χ3v) is 12.4. The molecule has 63 heavy (non-hydrogen) atoms. The number of ether oxygens (including phenoxy) is 13. The first-order valence-corrected chi connectivity index (χ1v) is 22.4. The molecule has 352 valence electrons. The molecule has 0 bridgehead atoms. The third-order valence-electron chi connectivity index (χ3n) is 12.4. The second-order valence-electron chi connectivity index (χ2n) is 16.9. The summed E-state index contributed by atoms with van der Waals surface area (Å²) in [6.45, 7) is 17.5. The number of hydrogen-bond acceptors (Lipinski definition) is 17. The smallest absolute Gasteiger partial charge is 0.334 e. The number of esters is 4. The van der Waals surface area contributed by atoms with Crippen molar-refractivity contribution in [1.29, 1.82) is 0 Å². The predicted molar refractivity (Wildman–Crippen MR) is 222 cm³/mol. The van der Waals surface area contributed by atoms with Gasteiger partial charge in [0.1, 0.15) is 37.6 Å². The highest BCUT2D eigenvalue weighted by atomic mass is 16.7. The van der Waals surface area contributed by atoms with Crippen LogP contribution in [0.5, 0.6) is 0 Å². The topological polar surface area (TPSA) is 195 Å². The molecule has 0 radical (unpaired) electrons. The highest BCUT2D eigenvalue weighted by Crippen LogP contribution is 2.51. The summed E-state index contributed by atoms with van der Waals surface area (Å²) >= 11 is 0. The highest BCUT2D eigenvalue weighted by molar-refractivity contribution is 5.92. The van der Waals surface area contributed by atoms with Gasteiger partial charge in [0, 0.05) is 34.1 Å². The molecule has 4 saturated heterocycles. The Balaban J connectivity index is 0.663. The summed E-state index contributed by atoms with van der Waals surface area (Å²) in [4.78, 5) is 50.0. The van der Waals surface area contributed by atoms with Gasteiger partial charge in [-0.2, -0.15) is 0 Å². The molecule has 4 aliphatic heterocycles. The summed E-state index contributed by atoms with van der Waals surface area (Å²) in [6, 6.07) is 0. The Morgan fingerprint density at radius 3 is 1.16 bits per heavy atom. The van der Waals surface area contributed by atoms with Crippen LogP contribution in [-0.2, 0) is 80.8 Å². The lowest BCUT2D eigenvalue weighted by atomic mass is 9.84. The maximum absolute atomic E-state index is 12.8. The molecule has 0 N–H and O–H groups in total. The molecule has 0 saturated carbocycles. The summed E-state index contributed by atoms with van der Waals surface area (Å²) in [7, 11) is 0. The van der Waals surface area contributed by atoms with E-state index in [9.17, 15) is 19.2 Å². The van der Waals surface area contributed by atoms with Crippen LogP contribution in [-0.4, -0.2) is 165 Å². The number of hydrogen-bond donors (Lipinski definition) is 0. The van der Waals surface area contributed by atoms with Crippen molar-refractivity contribution >= 4 is 23.9 Å². The van der Waals surface area contributed by atoms with E-state index < -0.39 is 0 Å². The Morgan fingerprint density at radius 1 is 0.540 bits per heavy atom. The van der Waals surface area contributed by atoms with Gasteiger partial charge in [-0.3, -0.25) is 0 Å². The molecule has 0 spiro atoms. The lowest BCUT2D eigenvalue weighted by Gasteiger charge is -2.19. The van der Waals surface area contributed by atoms with Gasteiger partial charge in [0.25, 0.3) is 0 Å². The van der Waals surface area contributed by atoms with Crippen LogP contribution in [0.4, 0.5) is 0 Å². The average molecular weight is 891 g/mol. The van der Waals surface area contributed by atoms with Gasteiger partial charge < -0.3 is 61.6 Å². The van der Waals surface area contributed by atoms with E-state index in [1.165, 1.54) is 0 Å². The zero-order valence-electron chi connectivity index (χ0n) is 36.9. The van der Waals surface area contributed by atoms with Crippen LogP contribution >= 0.6 is 0 Å². The summed E-state index contributed by atoms with van der Waals surface area (Å²) < 4.78 is 72.6. The first-order valence-electron chi connectivity index (χ1n) is 22.4. The Bertz CT molecular complexity index is 1540. The Morgan fingerprint density at radius 2 is 0.841 bits per heavy atom. The van der Waals surface area contributed by atoms with Crippen molar-refractivity contribution in [3.8, 4) is 0 Å². The molecule has 0 unspecified atom stereocenters. The summed E-state index contributed by atoms with van der Waals surface area (Å²) in [5.74, 6) is -1.88. The largest absolute Gasteiger partial charge is 0.460 e. The van der Waals surface area contributed by atoms with Gasteiger partial charge in [0.15, 0.2) is 0 Å². The second-order valence-corrected chi connectivity index (χ2v) is 16.9. The van der Waals surface area contributed by atoms with E-state index in [1.54, 1.807) is 0 Å². The fraction of sp³-hybridized carbons (Fsp3) is 0.739. The van der Waals surface area contributed by atoms with Crippen LogP contribution in [0.25, 0.3) is 0 Å². The Labute approximate surface area is 369 Å². The fourth-order valence-electron chi connectivity index (χ4n) is 8.48. The molecule has 0 amide bonds. The zero-order chi connectivity index (χ0) is 44.7. The van der Waals surface area contributed by atoms with Crippen molar-refractivity contribution in [3.63, 3.8) is 0 Å². The molecule has 4 heterocycles. The normalized spacial score (nSPS) is 31.8. The molecule has 0 aromatic rings. The molecular weight excluding hydrogens is 824 g/mol. The minimum atomic E-state index is -0.383. The molecule has 6 aliphatic rings. The first kappa shape index (κ1) is 48.9. The predicted octanol–water partition coefficient (Wildman–Crippen LogP) is 3.70. The van der Waals surface area contributed by atoms with E-state index in [-0.39, 0.29) is 97.8 Å². The van der Waals surface area contributed by atoms with Crippen molar-refractivity contribution in [2.45, 2.75) is 101 Å². The van der Waals surface area contributed by atoms with Crippen molar-refractivity contribution in [2.24, 2.45) is 11.8 Å². The summed E-state index contributed by atoms with van der Waals surface area (Å²) in [6.07, 6.45) is 7.75. The van der Waals surface area contributed by atoms with Gasteiger partial charge in [-0.05, 0) is 65.2 Å². The van der Waals surface area contributed by atoms with Crippen LogP contribution in [0.1, 0.15) is 65.2 Å². The molecule has 2 aliphatic carbocycles. The molecule has 4 fully saturated rings. The van der Waals surface area contributed by atoms with Crippen LogP contribution < -0.4 is 0 Å². The van der Waals surface area contributed by atoms with Crippen molar-refractivity contribution in [1.82, 2.24) is 0 Å². The molecule has 0 aromatic heterocycles. The highest BCUT2D eigenvalue weighted by Gasteiger charge is 2.62. The average Bonchev–Trinajstić information content (AvgIpc) is 4.08. The van der Waals surface area contributed by atoms with Gasteiger partial charge in [-0.1, -0.05) is 25.3 Å². The van der Waals surface area contributed by atoms with Gasteiger partial charge >= 0.3 is 23.9 Å². The van der Waals surface area contributed by atoms with Gasteiger partial charge in [0.2, 0.25) is 0 Å². The van der Waals surface area contributed by atoms with Crippen molar-refractivity contribution in [3.05, 3.63) is 47.6 Å². The molecule has 0 aromatic carbocycles. The van der Waals surface area contributed by atoms with E-state index in [2.05, 4.69) is 13.2 Å². The monoisotopic (exact) mass is 890 g/mol. The van der Waals surface area contributed by atoms with Crippen molar-refractivity contribution < 1.29 is 80.8 Å². The quantitative estimate of drug-likeness (QED) is 0.0401. The van der Waals surface area contributed by atoms with Gasteiger partial charge in [-0.25, -0.2) is 19.2 Å². The SMILES string of the molecule is C=C1C(=O)O[C@H]2[C@H]1CC/C(C(=O)OCCOCCOCCOCCOCCOCCOCCOCCOC(=O)/C1=C/CC[C@@]3(C)O[C@H]3[C@H]3OC(=O)C(=C)[C@@H]3CC1)=C\CC[C@@]1(C)O[C@@H]21. The number of fused-ring (bicyclic) bond motifs is 6. The van der Waals surface area contributed by atoms with E-state index >= 15 is 0 Å². The molecular formula is C46H66O17. The van der Waals surface area contributed by atoms with Crippen molar-refractivity contribution in [2.75, 3.05) is 106 Å². The summed E-state index contributed by atoms with van der Waals surface area (Å²) in [5, 5.41) is 0. The maximum atomic E-state index is 12.8. The van der Waals surface area contributed by atoms with Crippen LogP contribution in [0.3, 0.4) is 0 Å². The number of allylic oxidation sites excluding steroid dienone is 2. The Kier molecular flexibility index (Phi) is 18.7. The zero-order valence-corrected chi connectivity index (χ0v) is 36.9. The number of carbonyl (C=O) groups excluding carboxylic acids is 4. The Hall–Kier alpha value is -3.52. The minimum Gasteiger partial charge on any atom is -0.460 e. The van der Waals surface area contributed by atoms with E-state index in [0.29, 0.717) is 140 Å². The van der Waals surface area contributed by atoms with Crippen LogP contribution in [0.15, 0.2) is 47.6 Å². The molecule has 6 rings (SSSR count). The van der Waals surface area contributed by atoms with Gasteiger partial charge in [-0.15, -0.1) is 0 Å². The molecule has 17 nitrogen and oxygen atoms in total.